The van der Waals surface area contributed by atoms with Gasteiger partial charge in [-0.05, 0) is 47.7 Å². The number of carbonyl (C=O) groups is 1. The lowest BCUT2D eigenvalue weighted by atomic mass is 10.1. The molecule has 0 atom stereocenters. The van der Waals surface area contributed by atoms with E-state index < -0.39 is 0 Å². The molecule has 110 valence electrons. The molecule has 0 spiro atoms. The first-order valence-electron chi connectivity index (χ1n) is 7.09. The van der Waals surface area contributed by atoms with Crippen LogP contribution in [0.4, 0.5) is 0 Å². The first-order chi connectivity index (χ1) is 10.7. The molecule has 2 aromatic carbocycles. The first-order valence-corrected chi connectivity index (χ1v) is 7.97. The molecule has 3 rings (SSSR count). The minimum Gasteiger partial charge on any atom is -0.488 e. The molecule has 2 nitrogen and oxygen atoms in total. The van der Waals surface area contributed by atoms with E-state index in [4.69, 9.17) is 4.74 Å². The SMILES string of the molecule is CC(=O)c1cc(-c2cccs2)ccc1OCc1ccccc1. The van der Waals surface area contributed by atoms with E-state index in [0.717, 1.165) is 16.0 Å². The van der Waals surface area contributed by atoms with Gasteiger partial charge in [0.25, 0.3) is 0 Å². The van der Waals surface area contributed by atoms with Gasteiger partial charge in [-0.3, -0.25) is 4.79 Å². The summed E-state index contributed by atoms with van der Waals surface area (Å²) in [7, 11) is 0. The fourth-order valence-electron chi connectivity index (χ4n) is 2.26. The molecule has 0 aliphatic heterocycles. The highest BCUT2D eigenvalue weighted by Gasteiger charge is 2.11. The Morgan fingerprint density at radius 2 is 1.86 bits per heavy atom. The minimum absolute atomic E-state index is 0.0152. The molecule has 0 fully saturated rings. The van der Waals surface area contributed by atoms with E-state index in [1.165, 1.54) is 0 Å². The zero-order valence-electron chi connectivity index (χ0n) is 12.3. The summed E-state index contributed by atoms with van der Waals surface area (Å²) in [5.74, 6) is 0.651. The Labute approximate surface area is 134 Å². The highest BCUT2D eigenvalue weighted by Crippen LogP contribution is 2.30. The average molecular weight is 308 g/mol. The van der Waals surface area contributed by atoms with Crippen molar-refractivity contribution in [3.8, 4) is 16.2 Å². The van der Waals surface area contributed by atoms with Gasteiger partial charge in [-0.2, -0.15) is 0 Å². The molecule has 22 heavy (non-hydrogen) atoms. The smallest absolute Gasteiger partial charge is 0.163 e. The molecule has 3 aromatic rings. The molecule has 0 radical (unpaired) electrons. The van der Waals surface area contributed by atoms with E-state index in [-0.39, 0.29) is 5.78 Å². The molecule has 0 saturated carbocycles. The van der Waals surface area contributed by atoms with Gasteiger partial charge in [-0.1, -0.05) is 36.4 Å². The zero-order valence-corrected chi connectivity index (χ0v) is 13.1. The van der Waals surface area contributed by atoms with Crippen LogP contribution in [0.15, 0.2) is 66.0 Å². The van der Waals surface area contributed by atoms with Crippen molar-refractivity contribution < 1.29 is 9.53 Å². The van der Waals surface area contributed by atoms with E-state index in [1.54, 1.807) is 18.3 Å². The Morgan fingerprint density at radius 3 is 2.55 bits per heavy atom. The van der Waals surface area contributed by atoms with E-state index >= 15 is 0 Å². The van der Waals surface area contributed by atoms with Gasteiger partial charge in [-0.25, -0.2) is 0 Å². The van der Waals surface area contributed by atoms with Crippen LogP contribution in [0.25, 0.3) is 10.4 Å². The lowest BCUT2D eigenvalue weighted by Crippen LogP contribution is -2.02. The Bertz CT molecular complexity index is 761. The summed E-state index contributed by atoms with van der Waals surface area (Å²) < 4.78 is 5.84. The molecule has 0 amide bonds. The summed E-state index contributed by atoms with van der Waals surface area (Å²) in [6.45, 7) is 2.03. The van der Waals surface area contributed by atoms with Crippen molar-refractivity contribution >= 4 is 17.1 Å². The fourth-order valence-corrected chi connectivity index (χ4v) is 2.99. The van der Waals surface area contributed by atoms with Crippen LogP contribution in [-0.4, -0.2) is 5.78 Å². The van der Waals surface area contributed by atoms with Gasteiger partial charge in [0.15, 0.2) is 5.78 Å². The monoisotopic (exact) mass is 308 g/mol. The predicted molar refractivity (Wildman–Crippen MR) is 90.5 cm³/mol. The Hall–Kier alpha value is -2.39. The summed E-state index contributed by atoms with van der Waals surface area (Å²) >= 11 is 1.66. The van der Waals surface area contributed by atoms with Crippen molar-refractivity contribution in [2.24, 2.45) is 0 Å². The van der Waals surface area contributed by atoms with Gasteiger partial charge in [0.1, 0.15) is 12.4 Å². The quantitative estimate of drug-likeness (QED) is 0.606. The van der Waals surface area contributed by atoms with E-state index in [1.807, 2.05) is 60.0 Å². The van der Waals surface area contributed by atoms with Gasteiger partial charge in [-0.15, -0.1) is 11.3 Å². The van der Waals surface area contributed by atoms with Crippen LogP contribution < -0.4 is 4.74 Å². The molecule has 0 bridgehead atoms. The highest BCUT2D eigenvalue weighted by molar-refractivity contribution is 7.13. The van der Waals surface area contributed by atoms with E-state index in [2.05, 4.69) is 6.07 Å². The minimum atomic E-state index is 0.0152. The van der Waals surface area contributed by atoms with Crippen LogP contribution >= 0.6 is 11.3 Å². The van der Waals surface area contributed by atoms with Crippen molar-refractivity contribution in [3.63, 3.8) is 0 Å². The number of benzene rings is 2. The topological polar surface area (TPSA) is 26.3 Å². The van der Waals surface area contributed by atoms with Crippen LogP contribution in [0.3, 0.4) is 0 Å². The molecular weight excluding hydrogens is 292 g/mol. The summed E-state index contributed by atoms with van der Waals surface area (Å²) in [6, 6.07) is 19.8. The molecule has 0 aliphatic rings. The molecular formula is C19H16O2S. The lowest BCUT2D eigenvalue weighted by Gasteiger charge is -2.11. The number of carbonyl (C=O) groups excluding carboxylic acids is 1. The maximum atomic E-state index is 11.9. The second-order valence-electron chi connectivity index (χ2n) is 5.02. The third kappa shape index (κ3) is 3.26. The number of ketones is 1. The summed E-state index contributed by atoms with van der Waals surface area (Å²) in [5, 5.41) is 2.03. The van der Waals surface area contributed by atoms with Gasteiger partial charge in [0.2, 0.25) is 0 Å². The van der Waals surface area contributed by atoms with Crippen molar-refractivity contribution in [1.29, 1.82) is 0 Å². The number of hydrogen-bond acceptors (Lipinski definition) is 3. The zero-order chi connectivity index (χ0) is 15.4. The largest absolute Gasteiger partial charge is 0.488 e. The first kappa shape index (κ1) is 14.5. The third-order valence-corrected chi connectivity index (χ3v) is 4.32. The molecule has 3 heteroatoms. The van der Waals surface area contributed by atoms with Crippen molar-refractivity contribution in [1.82, 2.24) is 0 Å². The Kier molecular flexibility index (Phi) is 4.35. The van der Waals surface area contributed by atoms with Crippen LogP contribution in [0.5, 0.6) is 5.75 Å². The number of rotatable bonds is 5. The normalized spacial score (nSPS) is 10.4. The lowest BCUT2D eigenvalue weighted by molar-refractivity contribution is 0.101. The van der Waals surface area contributed by atoms with Crippen LogP contribution in [0.2, 0.25) is 0 Å². The maximum absolute atomic E-state index is 11.9. The molecule has 1 aromatic heterocycles. The molecule has 0 saturated heterocycles. The third-order valence-electron chi connectivity index (χ3n) is 3.40. The molecule has 0 aliphatic carbocycles. The highest BCUT2D eigenvalue weighted by atomic mass is 32.1. The predicted octanol–water partition coefficient (Wildman–Crippen LogP) is 5.20. The summed E-state index contributed by atoms with van der Waals surface area (Å²) in [5.41, 5.74) is 2.76. The maximum Gasteiger partial charge on any atom is 0.163 e. The Morgan fingerprint density at radius 1 is 1.05 bits per heavy atom. The number of hydrogen-bond donors (Lipinski definition) is 0. The second kappa shape index (κ2) is 6.58. The molecule has 1 heterocycles. The van der Waals surface area contributed by atoms with Crippen LogP contribution in [0.1, 0.15) is 22.8 Å². The van der Waals surface area contributed by atoms with Crippen LogP contribution in [0, 0.1) is 0 Å². The summed E-state index contributed by atoms with van der Waals surface area (Å²) in [6.07, 6.45) is 0. The number of Topliss-reactive ketones (excluding diaryl/α,β-unsaturated/α-hetero) is 1. The second-order valence-corrected chi connectivity index (χ2v) is 5.97. The van der Waals surface area contributed by atoms with Crippen LogP contribution in [-0.2, 0) is 6.61 Å². The van der Waals surface area contributed by atoms with Crippen molar-refractivity contribution in [2.45, 2.75) is 13.5 Å². The van der Waals surface area contributed by atoms with Crippen molar-refractivity contribution in [2.75, 3.05) is 0 Å². The number of thiophene rings is 1. The van der Waals surface area contributed by atoms with E-state index in [0.29, 0.717) is 17.9 Å². The van der Waals surface area contributed by atoms with Crippen molar-refractivity contribution in [3.05, 3.63) is 77.2 Å². The fraction of sp³-hybridized carbons (Fsp3) is 0.105. The standard InChI is InChI=1S/C19H16O2S/c1-14(20)17-12-16(19-8-5-11-22-19)9-10-18(17)21-13-15-6-3-2-4-7-15/h2-12H,13H2,1H3. The van der Waals surface area contributed by atoms with Gasteiger partial charge >= 0.3 is 0 Å². The van der Waals surface area contributed by atoms with Gasteiger partial charge in [0.05, 0.1) is 5.56 Å². The molecule has 0 N–H and O–H groups in total. The number of ether oxygens (including phenoxy) is 1. The van der Waals surface area contributed by atoms with Gasteiger partial charge < -0.3 is 4.74 Å². The summed E-state index contributed by atoms with van der Waals surface area (Å²) in [4.78, 5) is 13.1. The Balaban J connectivity index is 1.86. The average Bonchev–Trinajstić information content (AvgIpc) is 3.08. The van der Waals surface area contributed by atoms with Gasteiger partial charge in [0, 0.05) is 4.88 Å². The van der Waals surface area contributed by atoms with E-state index in [9.17, 15) is 4.79 Å². The molecule has 0 unspecified atom stereocenters.